The second-order valence-corrected chi connectivity index (χ2v) is 10.0. The van der Waals surface area contributed by atoms with Gasteiger partial charge in [-0.1, -0.05) is 6.92 Å². The zero-order chi connectivity index (χ0) is 21.0. The molecular formula is C23H25N5OS. The van der Waals surface area contributed by atoms with Crippen LogP contribution in [0.5, 0.6) is 0 Å². The van der Waals surface area contributed by atoms with E-state index in [0.29, 0.717) is 28.0 Å². The van der Waals surface area contributed by atoms with Crippen LogP contribution in [-0.4, -0.2) is 20.7 Å². The van der Waals surface area contributed by atoms with Crippen molar-refractivity contribution in [3.05, 3.63) is 39.5 Å². The van der Waals surface area contributed by atoms with Crippen LogP contribution >= 0.6 is 11.3 Å². The van der Waals surface area contributed by atoms with E-state index in [1.807, 2.05) is 10.7 Å². The Labute approximate surface area is 179 Å². The highest BCUT2D eigenvalue weighted by atomic mass is 32.1. The Hall–Kier alpha value is -2.72. The minimum atomic E-state index is -0.184. The number of carbonyl (C=O) groups is 1. The number of carbonyl (C=O) groups excluding carboxylic acids is 1. The van der Waals surface area contributed by atoms with E-state index >= 15 is 0 Å². The van der Waals surface area contributed by atoms with E-state index in [0.717, 1.165) is 54.4 Å². The van der Waals surface area contributed by atoms with Gasteiger partial charge >= 0.3 is 0 Å². The summed E-state index contributed by atoms with van der Waals surface area (Å²) in [6, 6.07) is 4.42. The molecule has 154 valence electrons. The van der Waals surface area contributed by atoms with Gasteiger partial charge in [0.2, 0.25) is 0 Å². The molecule has 2 aliphatic carbocycles. The first kappa shape index (κ1) is 19.3. The molecule has 3 heterocycles. The van der Waals surface area contributed by atoms with E-state index in [9.17, 15) is 10.1 Å². The predicted molar refractivity (Wildman–Crippen MR) is 118 cm³/mol. The van der Waals surface area contributed by atoms with Crippen molar-refractivity contribution in [1.82, 2.24) is 14.8 Å². The van der Waals surface area contributed by atoms with Crippen molar-refractivity contribution in [3.63, 3.8) is 0 Å². The fourth-order valence-electron chi connectivity index (χ4n) is 4.32. The number of thiophene rings is 1. The third-order valence-corrected chi connectivity index (χ3v) is 7.34. The van der Waals surface area contributed by atoms with E-state index in [1.54, 1.807) is 17.5 Å². The number of nitrogens with one attached hydrogen (secondary N) is 1. The van der Waals surface area contributed by atoms with Crippen LogP contribution in [0, 0.1) is 17.2 Å². The number of anilines is 1. The van der Waals surface area contributed by atoms with Gasteiger partial charge in [0.15, 0.2) is 5.65 Å². The van der Waals surface area contributed by atoms with Crippen molar-refractivity contribution in [2.45, 2.75) is 64.8 Å². The number of aromatic nitrogens is 3. The predicted octanol–water partition coefficient (Wildman–Crippen LogP) is 5.20. The molecule has 0 saturated heterocycles. The molecule has 0 radical (unpaired) electrons. The van der Waals surface area contributed by atoms with Gasteiger partial charge in [-0.15, -0.1) is 11.3 Å². The lowest BCUT2D eigenvalue weighted by atomic mass is 9.88. The van der Waals surface area contributed by atoms with Gasteiger partial charge in [0.25, 0.3) is 5.91 Å². The molecule has 30 heavy (non-hydrogen) atoms. The Balaban J connectivity index is 1.55. The highest BCUT2D eigenvalue weighted by molar-refractivity contribution is 7.16. The quantitative estimate of drug-likeness (QED) is 0.630. The molecule has 1 N–H and O–H groups in total. The fourth-order valence-corrected chi connectivity index (χ4v) is 5.68. The van der Waals surface area contributed by atoms with Gasteiger partial charge in [-0.05, 0) is 63.5 Å². The van der Waals surface area contributed by atoms with Gasteiger partial charge in [0.1, 0.15) is 11.1 Å². The Morgan fingerprint density at radius 1 is 1.37 bits per heavy atom. The number of hydrogen-bond acceptors (Lipinski definition) is 5. The SMILES string of the molecule is CC(C)n1ncc2c(C(=O)Nc3sc4c(c3C#N)CC[C@H](C)C4)cc(C3CC3)nc21. The zero-order valence-electron chi connectivity index (χ0n) is 17.5. The second kappa shape index (κ2) is 7.21. The van der Waals surface area contributed by atoms with Crippen LogP contribution < -0.4 is 5.32 Å². The molecule has 0 aromatic carbocycles. The van der Waals surface area contributed by atoms with Crippen molar-refractivity contribution in [2.24, 2.45) is 5.92 Å². The molecule has 0 spiro atoms. The lowest BCUT2D eigenvalue weighted by Gasteiger charge is -2.17. The Kier molecular flexibility index (Phi) is 4.62. The van der Waals surface area contributed by atoms with E-state index in [4.69, 9.17) is 4.98 Å². The first-order chi connectivity index (χ1) is 14.5. The number of fused-ring (bicyclic) bond motifs is 2. The summed E-state index contributed by atoms with van der Waals surface area (Å²) in [5.74, 6) is 0.867. The highest BCUT2D eigenvalue weighted by Gasteiger charge is 2.29. The van der Waals surface area contributed by atoms with Crippen LogP contribution in [0.3, 0.4) is 0 Å². The number of rotatable bonds is 4. The number of pyridine rings is 1. The largest absolute Gasteiger partial charge is 0.312 e. The monoisotopic (exact) mass is 419 g/mol. The third kappa shape index (κ3) is 3.20. The minimum Gasteiger partial charge on any atom is -0.312 e. The molecule has 1 amide bonds. The van der Waals surface area contributed by atoms with E-state index < -0.39 is 0 Å². The molecule has 3 aromatic heterocycles. The maximum absolute atomic E-state index is 13.4. The van der Waals surface area contributed by atoms with Crippen LogP contribution in [0.1, 0.15) is 84.0 Å². The van der Waals surface area contributed by atoms with Crippen molar-refractivity contribution in [3.8, 4) is 6.07 Å². The summed E-state index contributed by atoms with van der Waals surface area (Å²) in [4.78, 5) is 19.4. The van der Waals surface area contributed by atoms with Crippen molar-refractivity contribution in [2.75, 3.05) is 5.32 Å². The van der Waals surface area contributed by atoms with Crippen molar-refractivity contribution >= 4 is 33.3 Å². The van der Waals surface area contributed by atoms with Crippen LogP contribution in [0.15, 0.2) is 12.3 Å². The van der Waals surface area contributed by atoms with Crippen LogP contribution in [0.4, 0.5) is 5.00 Å². The average molecular weight is 420 g/mol. The summed E-state index contributed by atoms with van der Waals surface area (Å²) in [6.45, 7) is 6.37. The molecule has 0 unspecified atom stereocenters. The first-order valence-electron chi connectivity index (χ1n) is 10.7. The Bertz CT molecular complexity index is 1190. The second-order valence-electron chi connectivity index (χ2n) is 8.91. The standard InChI is InChI=1S/C23H25N5OS/c1-12(2)28-21-18(11-25-28)16(9-19(26-21)14-5-6-14)22(29)27-23-17(10-24)15-7-4-13(3)8-20(15)30-23/h9,11-14H,4-8H2,1-3H3,(H,27,29)/t13-/m0/s1. The Morgan fingerprint density at radius 2 is 2.17 bits per heavy atom. The molecule has 6 nitrogen and oxygen atoms in total. The molecule has 0 bridgehead atoms. The molecule has 7 heteroatoms. The normalized spacial score (nSPS) is 18.4. The molecule has 1 fully saturated rings. The van der Waals surface area contributed by atoms with Crippen molar-refractivity contribution < 1.29 is 4.79 Å². The first-order valence-corrected chi connectivity index (χ1v) is 11.5. The fraction of sp³-hybridized carbons (Fsp3) is 0.478. The minimum absolute atomic E-state index is 0.163. The Morgan fingerprint density at radius 3 is 2.87 bits per heavy atom. The lowest BCUT2D eigenvalue weighted by Crippen LogP contribution is -2.14. The summed E-state index contributed by atoms with van der Waals surface area (Å²) in [6.07, 6.45) is 6.96. The van der Waals surface area contributed by atoms with Crippen molar-refractivity contribution in [1.29, 1.82) is 5.26 Å². The van der Waals surface area contributed by atoms with Crippen LogP contribution in [-0.2, 0) is 12.8 Å². The third-order valence-electron chi connectivity index (χ3n) is 6.17. The number of amides is 1. The van der Waals surface area contributed by atoms with E-state index in [2.05, 4.69) is 37.3 Å². The maximum atomic E-state index is 13.4. The maximum Gasteiger partial charge on any atom is 0.257 e. The van der Waals surface area contributed by atoms with Crippen LogP contribution in [0.25, 0.3) is 11.0 Å². The lowest BCUT2D eigenvalue weighted by molar-refractivity contribution is 0.102. The molecule has 1 saturated carbocycles. The topological polar surface area (TPSA) is 83.6 Å². The number of hydrogen-bond donors (Lipinski definition) is 1. The molecule has 0 aliphatic heterocycles. The van der Waals surface area contributed by atoms with Crippen LogP contribution in [0.2, 0.25) is 0 Å². The van der Waals surface area contributed by atoms with E-state index in [1.165, 1.54) is 4.88 Å². The molecular weight excluding hydrogens is 394 g/mol. The molecule has 2 aliphatic rings. The summed E-state index contributed by atoms with van der Waals surface area (Å²) in [5.41, 5.74) is 4.09. The summed E-state index contributed by atoms with van der Waals surface area (Å²) in [5, 5.41) is 18.7. The van der Waals surface area contributed by atoms with Gasteiger partial charge in [-0.25, -0.2) is 9.67 Å². The van der Waals surface area contributed by atoms with Gasteiger partial charge in [-0.2, -0.15) is 10.4 Å². The zero-order valence-corrected chi connectivity index (χ0v) is 18.3. The highest BCUT2D eigenvalue weighted by Crippen LogP contribution is 2.41. The van der Waals surface area contributed by atoms with Gasteiger partial charge in [0, 0.05) is 22.5 Å². The number of nitriles is 1. The number of nitrogens with zero attached hydrogens (tertiary/aromatic N) is 4. The van der Waals surface area contributed by atoms with Gasteiger partial charge < -0.3 is 5.32 Å². The smallest absolute Gasteiger partial charge is 0.257 e. The van der Waals surface area contributed by atoms with Gasteiger partial charge in [-0.3, -0.25) is 4.79 Å². The average Bonchev–Trinajstić information content (AvgIpc) is 3.38. The van der Waals surface area contributed by atoms with Gasteiger partial charge in [0.05, 0.1) is 22.7 Å². The summed E-state index contributed by atoms with van der Waals surface area (Å²) >= 11 is 1.56. The molecule has 3 aromatic rings. The van der Waals surface area contributed by atoms with E-state index in [-0.39, 0.29) is 11.9 Å². The molecule has 5 rings (SSSR count). The summed E-state index contributed by atoms with van der Waals surface area (Å²) < 4.78 is 1.88. The molecule has 1 atom stereocenters. The summed E-state index contributed by atoms with van der Waals surface area (Å²) in [7, 11) is 0.